The fourth-order valence-corrected chi connectivity index (χ4v) is 1.53. The molecule has 0 radical (unpaired) electrons. The molecule has 0 aliphatic carbocycles. The SMILES string of the molecule is O=C(O)CC(O)(CC(=O)O)C(=O)O.O=C(O)c1ccccc1[N+](=O)[O-]. The van der Waals surface area contributed by atoms with Crippen molar-refractivity contribution < 1.29 is 49.6 Å². The van der Waals surface area contributed by atoms with Crippen LogP contribution in [0.25, 0.3) is 0 Å². The highest BCUT2D eigenvalue weighted by atomic mass is 16.6. The number of aliphatic hydroxyl groups is 1. The fourth-order valence-electron chi connectivity index (χ4n) is 1.53. The summed E-state index contributed by atoms with van der Waals surface area (Å²) < 4.78 is 0. The van der Waals surface area contributed by atoms with Crippen molar-refractivity contribution in [2.24, 2.45) is 0 Å². The van der Waals surface area contributed by atoms with Crippen molar-refractivity contribution in [3.05, 3.63) is 39.9 Å². The second-order valence-corrected chi connectivity index (χ2v) is 4.56. The Morgan fingerprint density at radius 3 is 1.68 bits per heavy atom. The summed E-state index contributed by atoms with van der Waals surface area (Å²) in [7, 11) is 0. The van der Waals surface area contributed by atoms with Crippen molar-refractivity contribution in [3.8, 4) is 0 Å². The summed E-state index contributed by atoms with van der Waals surface area (Å²) in [6.45, 7) is 0. The van der Waals surface area contributed by atoms with Gasteiger partial charge in [0, 0.05) is 6.07 Å². The van der Waals surface area contributed by atoms with E-state index in [0.717, 1.165) is 6.07 Å². The molecule has 0 amide bonds. The van der Waals surface area contributed by atoms with Gasteiger partial charge >= 0.3 is 23.9 Å². The van der Waals surface area contributed by atoms with E-state index in [-0.39, 0.29) is 11.3 Å². The zero-order valence-corrected chi connectivity index (χ0v) is 12.4. The van der Waals surface area contributed by atoms with Gasteiger partial charge in [0.05, 0.1) is 17.8 Å². The quantitative estimate of drug-likeness (QED) is 0.324. The number of hydrogen-bond donors (Lipinski definition) is 5. The third-order valence-corrected chi connectivity index (χ3v) is 2.62. The summed E-state index contributed by atoms with van der Waals surface area (Å²) in [5, 5.41) is 52.6. The lowest BCUT2D eigenvalue weighted by Crippen LogP contribution is -2.42. The molecule has 1 aromatic carbocycles. The number of carboxylic acids is 4. The van der Waals surface area contributed by atoms with Gasteiger partial charge in [-0.3, -0.25) is 19.7 Å². The van der Waals surface area contributed by atoms with Gasteiger partial charge in [-0.2, -0.15) is 0 Å². The normalized spacial score (nSPS) is 10.1. The van der Waals surface area contributed by atoms with Crippen molar-refractivity contribution in [2.75, 3.05) is 0 Å². The van der Waals surface area contributed by atoms with E-state index >= 15 is 0 Å². The van der Waals surface area contributed by atoms with Crippen LogP contribution in [0.4, 0.5) is 5.69 Å². The number of nitro benzene ring substituents is 1. The smallest absolute Gasteiger partial charge is 0.342 e. The van der Waals surface area contributed by atoms with E-state index in [1.807, 2.05) is 0 Å². The summed E-state index contributed by atoms with van der Waals surface area (Å²) >= 11 is 0. The molecule has 0 spiro atoms. The molecule has 0 saturated heterocycles. The Hall–Kier alpha value is -3.54. The number of aliphatic carboxylic acids is 3. The van der Waals surface area contributed by atoms with Gasteiger partial charge in [-0.25, -0.2) is 9.59 Å². The molecule has 0 aliphatic rings. The maximum Gasteiger partial charge on any atom is 0.342 e. The standard InChI is InChI=1S/C7H5NO4.C6H8O7/c9-7(10)5-3-1-2-4-6(5)8(11)12;7-3(8)1-6(13,5(11)12)2-4(9)10/h1-4H,(H,9,10);13H,1-2H2,(H,7,8)(H,9,10)(H,11,12). The van der Waals surface area contributed by atoms with Crippen molar-refractivity contribution >= 4 is 29.6 Å². The molecule has 5 N–H and O–H groups in total. The molecule has 0 bridgehead atoms. The number of benzene rings is 1. The Balaban J connectivity index is 0.000000462. The Morgan fingerprint density at radius 2 is 1.40 bits per heavy atom. The average Bonchev–Trinajstić information content (AvgIpc) is 2.45. The number of carbonyl (C=O) groups is 4. The van der Waals surface area contributed by atoms with Gasteiger partial charge in [-0.1, -0.05) is 12.1 Å². The molecule has 0 aliphatic heterocycles. The minimum absolute atomic E-state index is 0.289. The van der Waals surface area contributed by atoms with E-state index < -0.39 is 47.2 Å². The second-order valence-electron chi connectivity index (χ2n) is 4.56. The molecule has 0 atom stereocenters. The maximum atomic E-state index is 10.4. The number of para-hydroxylation sites is 1. The molecule has 0 fully saturated rings. The Kier molecular flexibility index (Phi) is 7.66. The molecule has 25 heavy (non-hydrogen) atoms. The zero-order chi connectivity index (χ0) is 19.8. The summed E-state index contributed by atoms with van der Waals surface area (Å²) in [6, 6.07) is 5.21. The van der Waals surface area contributed by atoms with Crippen LogP contribution in [0, 0.1) is 10.1 Å². The molecule has 0 aromatic heterocycles. The van der Waals surface area contributed by atoms with Crippen molar-refractivity contribution in [1.82, 2.24) is 0 Å². The zero-order valence-electron chi connectivity index (χ0n) is 12.4. The van der Waals surface area contributed by atoms with Crippen LogP contribution in [0.5, 0.6) is 0 Å². The average molecular weight is 359 g/mol. The molecule has 0 unspecified atom stereocenters. The predicted octanol–water partition coefficient (Wildman–Crippen LogP) is 0.0445. The van der Waals surface area contributed by atoms with Crippen LogP contribution >= 0.6 is 0 Å². The lowest BCUT2D eigenvalue weighted by Gasteiger charge is -2.18. The molecule has 12 heteroatoms. The highest BCUT2D eigenvalue weighted by molar-refractivity contribution is 5.92. The van der Waals surface area contributed by atoms with E-state index in [1.165, 1.54) is 18.2 Å². The molecule has 136 valence electrons. The van der Waals surface area contributed by atoms with Crippen LogP contribution in [0.2, 0.25) is 0 Å². The first-order chi connectivity index (χ1) is 11.4. The fraction of sp³-hybridized carbons (Fsp3) is 0.231. The maximum absolute atomic E-state index is 10.4. The number of hydrogen-bond acceptors (Lipinski definition) is 7. The number of rotatable bonds is 7. The van der Waals surface area contributed by atoms with Gasteiger partial charge in [0.25, 0.3) is 5.69 Å². The third-order valence-electron chi connectivity index (χ3n) is 2.62. The third kappa shape index (κ3) is 7.04. The molecule has 1 aromatic rings. The summed E-state index contributed by atoms with van der Waals surface area (Å²) in [4.78, 5) is 50.5. The second kappa shape index (κ2) is 8.93. The van der Waals surface area contributed by atoms with Crippen LogP contribution < -0.4 is 0 Å². The summed E-state index contributed by atoms with van der Waals surface area (Å²) in [5.41, 5.74) is -3.41. The molecular formula is C13H13NO11. The van der Waals surface area contributed by atoms with E-state index in [1.54, 1.807) is 0 Å². The van der Waals surface area contributed by atoms with E-state index in [0.29, 0.717) is 0 Å². The molecule has 0 saturated carbocycles. The van der Waals surface area contributed by atoms with Crippen LogP contribution in [-0.4, -0.2) is 59.9 Å². The Morgan fingerprint density at radius 1 is 0.960 bits per heavy atom. The number of nitro groups is 1. The van der Waals surface area contributed by atoms with Crippen LogP contribution in [0.1, 0.15) is 23.2 Å². The minimum atomic E-state index is -2.74. The van der Waals surface area contributed by atoms with Gasteiger partial charge in [0.2, 0.25) is 0 Å². The topological polar surface area (TPSA) is 213 Å². The molecule has 0 heterocycles. The highest BCUT2D eigenvalue weighted by Crippen LogP contribution is 2.17. The van der Waals surface area contributed by atoms with E-state index in [4.69, 9.17) is 25.5 Å². The highest BCUT2D eigenvalue weighted by Gasteiger charge is 2.40. The van der Waals surface area contributed by atoms with Crippen LogP contribution in [0.3, 0.4) is 0 Å². The predicted molar refractivity (Wildman–Crippen MR) is 77.1 cm³/mol. The number of carboxylic acid groups (broad SMARTS) is 4. The molecule has 12 nitrogen and oxygen atoms in total. The largest absolute Gasteiger partial charge is 0.481 e. The first-order valence-corrected chi connectivity index (χ1v) is 6.26. The van der Waals surface area contributed by atoms with Gasteiger partial charge in [-0.05, 0) is 6.07 Å². The van der Waals surface area contributed by atoms with E-state index in [9.17, 15) is 29.3 Å². The monoisotopic (exact) mass is 359 g/mol. The lowest BCUT2D eigenvalue weighted by atomic mass is 9.96. The first-order valence-electron chi connectivity index (χ1n) is 6.26. The first kappa shape index (κ1) is 21.5. The van der Waals surface area contributed by atoms with Crippen molar-refractivity contribution in [3.63, 3.8) is 0 Å². The Labute approximate surface area is 138 Å². The van der Waals surface area contributed by atoms with Crippen molar-refractivity contribution in [2.45, 2.75) is 18.4 Å². The lowest BCUT2D eigenvalue weighted by molar-refractivity contribution is -0.385. The molecular weight excluding hydrogens is 346 g/mol. The van der Waals surface area contributed by atoms with Crippen LogP contribution in [-0.2, 0) is 14.4 Å². The van der Waals surface area contributed by atoms with Gasteiger partial charge in [0.1, 0.15) is 5.56 Å². The van der Waals surface area contributed by atoms with Crippen molar-refractivity contribution in [1.29, 1.82) is 0 Å². The summed E-state index contributed by atoms with van der Waals surface area (Å²) in [5.74, 6) is -6.31. The number of aromatic carboxylic acids is 1. The summed E-state index contributed by atoms with van der Waals surface area (Å²) in [6.07, 6.45) is -2.29. The van der Waals surface area contributed by atoms with Gasteiger partial charge < -0.3 is 25.5 Å². The molecule has 1 rings (SSSR count). The van der Waals surface area contributed by atoms with Gasteiger partial charge in [-0.15, -0.1) is 0 Å². The minimum Gasteiger partial charge on any atom is -0.481 e. The number of nitrogens with zero attached hydrogens (tertiary/aromatic N) is 1. The Bertz CT molecular complexity index is 648. The van der Waals surface area contributed by atoms with E-state index in [2.05, 4.69) is 0 Å². The van der Waals surface area contributed by atoms with Gasteiger partial charge in [0.15, 0.2) is 5.60 Å². The van der Waals surface area contributed by atoms with Crippen LogP contribution in [0.15, 0.2) is 24.3 Å².